The first-order valence-electron chi connectivity index (χ1n) is 8.49. The van der Waals surface area contributed by atoms with Crippen LogP contribution in [0.4, 0.5) is 5.69 Å². The van der Waals surface area contributed by atoms with Crippen molar-refractivity contribution >= 4 is 57.1 Å². The lowest BCUT2D eigenvalue weighted by atomic mass is 10.0. The minimum absolute atomic E-state index is 0.0673. The van der Waals surface area contributed by atoms with Crippen molar-refractivity contribution in [2.45, 2.75) is 6.54 Å². The van der Waals surface area contributed by atoms with Gasteiger partial charge in [0.2, 0.25) is 0 Å². The highest BCUT2D eigenvalue weighted by Crippen LogP contribution is 2.34. The molecule has 27 heavy (non-hydrogen) atoms. The molecule has 1 N–H and O–H groups in total. The lowest BCUT2D eigenvalue weighted by Gasteiger charge is -2.01. The van der Waals surface area contributed by atoms with Crippen LogP contribution in [0.2, 0.25) is 4.47 Å². The molecule has 2 aromatic carbocycles. The summed E-state index contributed by atoms with van der Waals surface area (Å²) in [5.74, 6) is -0.0673. The predicted molar refractivity (Wildman–Crippen MR) is 111 cm³/mol. The van der Waals surface area contributed by atoms with Crippen molar-refractivity contribution < 1.29 is 4.79 Å². The Morgan fingerprint density at radius 3 is 2.81 bits per heavy atom. The Labute approximate surface area is 164 Å². The Morgan fingerprint density at radius 2 is 1.96 bits per heavy atom. The Hall–Kier alpha value is -2.89. The van der Waals surface area contributed by atoms with Crippen LogP contribution in [0.1, 0.15) is 16.0 Å². The Balaban J connectivity index is 1.63. The molecule has 0 aliphatic carbocycles. The highest BCUT2D eigenvalue weighted by atomic mass is 35.5. The molecule has 0 bridgehead atoms. The summed E-state index contributed by atoms with van der Waals surface area (Å²) >= 11 is 7.45. The van der Waals surface area contributed by atoms with E-state index in [0.29, 0.717) is 16.6 Å². The number of amides is 1. The number of anilines is 1. The Bertz CT molecular complexity index is 1220. The number of hydrogen-bond donors (Lipinski definition) is 1. The van der Waals surface area contributed by atoms with Gasteiger partial charge in [-0.1, -0.05) is 48.0 Å². The molecule has 2 aromatic heterocycles. The number of rotatable bonds is 3. The third-order valence-corrected chi connectivity index (χ3v) is 5.78. The maximum Gasteiger partial charge on any atom is 0.256 e. The van der Waals surface area contributed by atoms with Crippen molar-refractivity contribution in [1.29, 1.82) is 0 Å². The average Bonchev–Trinajstić information content (AvgIpc) is 3.33. The molecule has 1 aliphatic rings. The van der Waals surface area contributed by atoms with Gasteiger partial charge in [-0.25, -0.2) is 4.98 Å². The van der Waals surface area contributed by atoms with E-state index < -0.39 is 0 Å². The summed E-state index contributed by atoms with van der Waals surface area (Å²) in [5, 5.41) is 4.04. The number of carbonyl (C=O) groups is 1. The normalized spacial score (nSPS) is 14.7. The van der Waals surface area contributed by atoms with E-state index in [0.717, 1.165) is 32.6 Å². The number of aromatic nitrogens is 2. The Kier molecular flexibility index (Phi) is 3.85. The van der Waals surface area contributed by atoms with Gasteiger partial charge in [0, 0.05) is 50.6 Å². The van der Waals surface area contributed by atoms with Crippen molar-refractivity contribution in [2.24, 2.45) is 0 Å². The van der Waals surface area contributed by atoms with Crippen LogP contribution in [-0.4, -0.2) is 15.5 Å². The fourth-order valence-corrected chi connectivity index (χ4v) is 4.46. The zero-order valence-electron chi connectivity index (χ0n) is 14.1. The molecule has 0 spiro atoms. The van der Waals surface area contributed by atoms with E-state index in [4.69, 9.17) is 11.6 Å². The third-order valence-electron chi connectivity index (χ3n) is 4.68. The summed E-state index contributed by atoms with van der Waals surface area (Å²) in [4.78, 5) is 17.7. The summed E-state index contributed by atoms with van der Waals surface area (Å²) in [6, 6.07) is 16.0. The molecule has 0 saturated heterocycles. The Morgan fingerprint density at radius 1 is 1.15 bits per heavy atom. The van der Waals surface area contributed by atoms with Crippen LogP contribution in [-0.2, 0) is 11.3 Å². The monoisotopic (exact) mass is 391 g/mol. The van der Waals surface area contributed by atoms with Crippen molar-refractivity contribution in [3.8, 4) is 0 Å². The van der Waals surface area contributed by atoms with E-state index in [2.05, 4.69) is 33.2 Å². The topological polar surface area (TPSA) is 46.9 Å². The molecule has 6 heteroatoms. The van der Waals surface area contributed by atoms with E-state index in [1.54, 1.807) is 6.20 Å². The molecule has 0 saturated carbocycles. The first kappa shape index (κ1) is 16.3. The maximum absolute atomic E-state index is 12.5. The van der Waals surface area contributed by atoms with Gasteiger partial charge < -0.3 is 9.88 Å². The second-order valence-electron chi connectivity index (χ2n) is 6.37. The molecule has 0 atom stereocenters. The molecule has 4 aromatic rings. The van der Waals surface area contributed by atoms with E-state index in [9.17, 15) is 4.79 Å². The fraction of sp³-hybridized carbons (Fsp3) is 0.0476. The van der Waals surface area contributed by atoms with Gasteiger partial charge in [-0.3, -0.25) is 4.79 Å². The summed E-state index contributed by atoms with van der Waals surface area (Å²) in [6.45, 7) is 0.691. The third kappa shape index (κ3) is 2.85. The number of hydrogen-bond acceptors (Lipinski definition) is 3. The van der Waals surface area contributed by atoms with Crippen molar-refractivity contribution in [3.05, 3.63) is 81.4 Å². The van der Waals surface area contributed by atoms with Crippen LogP contribution >= 0.6 is 22.9 Å². The van der Waals surface area contributed by atoms with Gasteiger partial charge in [0.1, 0.15) is 0 Å². The molecule has 0 unspecified atom stereocenters. The van der Waals surface area contributed by atoms with Gasteiger partial charge in [-0.15, -0.1) is 11.3 Å². The zero-order valence-corrected chi connectivity index (χ0v) is 15.7. The standard InChI is InChI=1S/C21H14ClN3OS/c22-21-23-10-14(27-21)12-25-11-13(15-5-2-4-8-19(15)25)9-17-16-6-1-3-7-18(16)24-20(17)26/h1-11H,12H2,(H,24,26)/b17-9-. The number of thiazole rings is 1. The van der Waals surface area contributed by atoms with Gasteiger partial charge in [-0.2, -0.15) is 0 Å². The highest BCUT2D eigenvalue weighted by molar-refractivity contribution is 7.15. The minimum Gasteiger partial charge on any atom is -0.342 e. The van der Waals surface area contributed by atoms with E-state index in [-0.39, 0.29) is 5.91 Å². The number of nitrogens with zero attached hydrogens (tertiary/aromatic N) is 2. The largest absolute Gasteiger partial charge is 0.342 e. The SMILES string of the molecule is O=C1Nc2ccccc2/C1=C/c1cn(Cc2cnc(Cl)s2)c2ccccc12. The molecule has 0 radical (unpaired) electrons. The van der Waals surface area contributed by atoms with Crippen LogP contribution in [0.5, 0.6) is 0 Å². The summed E-state index contributed by atoms with van der Waals surface area (Å²) in [6.07, 6.45) is 5.86. The van der Waals surface area contributed by atoms with Crippen LogP contribution < -0.4 is 5.32 Å². The van der Waals surface area contributed by atoms with Crippen LogP contribution in [0.25, 0.3) is 22.6 Å². The van der Waals surface area contributed by atoms with Crippen LogP contribution in [0.3, 0.4) is 0 Å². The lowest BCUT2D eigenvalue weighted by molar-refractivity contribution is -0.110. The van der Waals surface area contributed by atoms with Gasteiger partial charge in [0.25, 0.3) is 5.91 Å². The first-order chi connectivity index (χ1) is 13.2. The first-order valence-corrected chi connectivity index (χ1v) is 9.69. The molecule has 1 aliphatic heterocycles. The second-order valence-corrected chi connectivity index (χ2v) is 8.06. The summed E-state index contributed by atoms with van der Waals surface area (Å²) in [7, 11) is 0. The van der Waals surface area contributed by atoms with Gasteiger partial charge in [0.15, 0.2) is 4.47 Å². The number of benzene rings is 2. The lowest BCUT2D eigenvalue weighted by Crippen LogP contribution is -2.03. The number of nitrogens with one attached hydrogen (secondary N) is 1. The quantitative estimate of drug-likeness (QED) is 0.482. The molecule has 5 rings (SSSR count). The molecule has 3 heterocycles. The molecule has 4 nitrogen and oxygen atoms in total. The van der Waals surface area contributed by atoms with Crippen molar-refractivity contribution in [2.75, 3.05) is 5.32 Å². The number of halogens is 1. The maximum atomic E-state index is 12.5. The molecule has 1 amide bonds. The van der Waals surface area contributed by atoms with Crippen molar-refractivity contribution in [3.63, 3.8) is 0 Å². The number of carbonyl (C=O) groups excluding carboxylic acids is 1. The number of fused-ring (bicyclic) bond motifs is 2. The number of para-hydroxylation sites is 2. The van der Waals surface area contributed by atoms with E-state index >= 15 is 0 Å². The van der Waals surface area contributed by atoms with E-state index in [1.165, 1.54) is 11.3 Å². The molecular weight excluding hydrogens is 378 g/mol. The molecule has 132 valence electrons. The molecule has 0 fully saturated rings. The fourth-order valence-electron chi connectivity index (χ4n) is 3.48. The minimum atomic E-state index is -0.0673. The summed E-state index contributed by atoms with van der Waals surface area (Å²) in [5.41, 5.74) is 4.61. The zero-order chi connectivity index (χ0) is 18.4. The highest BCUT2D eigenvalue weighted by Gasteiger charge is 2.24. The second kappa shape index (κ2) is 6.37. The van der Waals surface area contributed by atoms with Crippen LogP contribution in [0, 0.1) is 0 Å². The average molecular weight is 392 g/mol. The molecular formula is C21H14ClN3OS. The predicted octanol–water partition coefficient (Wildman–Crippen LogP) is 5.29. The van der Waals surface area contributed by atoms with E-state index in [1.807, 2.05) is 42.5 Å². The smallest absolute Gasteiger partial charge is 0.256 e. The van der Waals surface area contributed by atoms with Gasteiger partial charge in [0.05, 0.1) is 6.54 Å². The van der Waals surface area contributed by atoms with Crippen LogP contribution in [0.15, 0.2) is 60.9 Å². The van der Waals surface area contributed by atoms with Gasteiger partial charge >= 0.3 is 0 Å². The van der Waals surface area contributed by atoms with Crippen molar-refractivity contribution in [1.82, 2.24) is 9.55 Å². The summed E-state index contributed by atoms with van der Waals surface area (Å²) < 4.78 is 2.72. The van der Waals surface area contributed by atoms with Gasteiger partial charge in [-0.05, 0) is 18.2 Å².